The van der Waals surface area contributed by atoms with Crippen molar-refractivity contribution in [3.63, 3.8) is 0 Å². The normalized spacial score (nSPS) is 11.5. The Kier molecular flexibility index (Phi) is 22.9. The lowest BCUT2D eigenvalue weighted by atomic mass is 10.0. The Morgan fingerprint density at radius 3 is 1.23 bits per heavy atom. The maximum atomic E-state index is 2.48. The number of rotatable bonds is 27. The van der Waals surface area contributed by atoms with E-state index in [1.54, 1.807) is 0 Å². The van der Waals surface area contributed by atoms with E-state index in [9.17, 15) is 0 Å². The van der Waals surface area contributed by atoms with Crippen LogP contribution in [0.3, 0.4) is 0 Å². The lowest BCUT2D eigenvalue weighted by molar-refractivity contribution is -0.702. The topological polar surface area (TPSA) is 8.81 Å². The second kappa shape index (κ2) is 24.9. The van der Waals surface area contributed by atoms with E-state index in [0.29, 0.717) is 0 Å². The molecule has 0 saturated heterocycles. The predicted octanol–water partition coefficient (Wildman–Crippen LogP) is 10.9. The van der Waals surface area contributed by atoms with Crippen molar-refractivity contribution in [2.45, 2.75) is 194 Å². The molecule has 0 N–H and O–H groups in total. The van der Waals surface area contributed by atoms with Crippen LogP contribution in [0.15, 0.2) is 12.4 Å². The minimum Gasteiger partial charge on any atom is -0.234 e. The van der Waals surface area contributed by atoms with Gasteiger partial charge in [-0.1, -0.05) is 149 Å². The third-order valence-electron chi connectivity index (χ3n) is 8.01. The average molecular weight is 490 g/mol. The third kappa shape index (κ3) is 19.0. The molecule has 0 atom stereocenters. The molecule has 0 radical (unpaired) electrons. The van der Waals surface area contributed by atoms with Crippen molar-refractivity contribution < 1.29 is 4.57 Å². The van der Waals surface area contributed by atoms with Gasteiger partial charge < -0.3 is 0 Å². The van der Waals surface area contributed by atoms with E-state index in [-0.39, 0.29) is 0 Å². The van der Waals surface area contributed by atoms with Gasteiger partial charge in [0.25, 0.3) is 5.82 Å². The lowest BCUT2D eigenvalue weighted by Gasteiger charge is -2.04. The van der Waals surface area contributed by atoms with Gasteiger partial charge in [-0.3, -0.25) is 0 Å². The van der Waals surface area contributed by atoms with Gasteiger partial charge in [0.1, 0.15) is 12.4 Å². The van der Waals surface area contributed by atoms with Crippen LogP contribution >= 0.6 is 0 Å². The van der Waals surface area contributed by atoms with Gasteiger partial charge in [-0.15, -0.1) is 0 Å². The van der Waals surface area contributed by atoms with E-state index in [2.05, 4.69) is 42.3 Å². The Hall–Kier alpha value is -0.790. The van der Waals surface area contributed by atoms with Crippen molar-refractivity contribution in [3.8, 4) is 0 Å². The van der Waals surface area contributed by atoms with Gasteiger partial charge in [-0.2, -0.15) is 0 Å². The molecule has 0 aliphatic rings. The molecule has 1 heterocycles. The second-order valence-electron chi connectivity index (χ2n) is 11.4. The summed E-state index contributed by atoms with van der Waals surface area (Å²) < 4.78 is 4.96. The van der Waals surface area contributed by atoms with Crippen molar-refractivity contribution in [1.82, 2.24) is 4.57 Å². The molecule has 0 aromatic carbocycles. The van der Waals surface area contributed by atoms with E-state index in [4.69, 9.17) is 0 Å². The Labute approximate surface area is 221 Å². The first kappa shape index (κ1) is 32.2. The van der Waals surface area contributed by atoms with Crippen molar-refractivity contribution in [2.24, 2.45) is 0 Å². The van der Waals surface area contributed by atoms with Crippen LogP contribution < -0.4 is 4.57 Å². The van der Waals surface area contributed by atoms with E-state index < -0.39 is 0 Å². The number of hydrogen-bond donors (Lipinski definition) is 0. The van der Waals surface area contributed by atoms with Gasteiger partial charge in [-0.05, 0) is 25.7 Å². The monoisotopic (exact) mass is 490 g/mol. The van der Waals surface area contributed by atoms with E-state index >= 15 is 0 Å². The first-order chi connectivity index (χ1) is 17.3. The summed E-state index contributed by atoms with van der Waals surface area (Å²) in [5.41, 5.74) is 0. The van der Waals surface area contributed by atoms with Gasteiger partial charge in [0.2, 0.25) is 0 Å². The fraction of sp³-hybridized carbons (Fsp3) is 0.909. The SMILES string of the molecule is CCCCCCCCCCCCCCCCCCC[n+]1ccn(CCCCCCCCCC)c1C. The Morgan fingerprint density at radius 1 is 0.486 bits per heavy atom. The van der Waals surface area contributed by atoms with E-state index in [0.717, 1.165) is 0 Å². The fourth-order valence-corrected chi connectivity index (χ4v) is 5.44. The summed E-state index contributed by atoms with van der Waals surface area (Å²) in [5.74, 6) is 1.45. The van der Waals surface area contributed by atoms with E-state index in [1.165, 1.54) is 179 Å². The Balaban J connectivity index is 1.87. The number of hydrogen-bond acceptors (Lipinski definition) is 0. The second-order valence-corrected chi connectivity index (χ2v) is 11.4. The smallest absolute Gasteiger partial charge is 0.234 e. The molecule has 206 valence electrons. The first-order valence-corrected chi connectivity index (χ1v) is 16.3. The molecule has 0 unspecified atom stereocenters. The molecule has 2 heteroatoms. The van der Waals surface area contributed by atoms with Crippen LogP contribution in [-0.2, 0) is 13.1 Å². The van der Waals surface area contributed by atoms with Crippen LogP contribution in [0.5, 0.6) is 0 Å². The molecule has 35 heavy (non-hydrogen) atoms. The highest BCUT2D eigenvalue weighted by Gasteiger charge is 2.11. The minimum absolute atomic E-state index is 1.20. The number of aromatic nitrogens is 2. The first-order valence-electron chi connectivity index (χ1n) is 16.3. The van der Waals surface area contributed by atoms with Gasteiger partial charge in [0.05, 0.1) is 13.1 Å². The molecular formula is C33H65N2+. The van der Waals surface area contributed by atoms with Crippen LogP contribution in [0, 0.1) is 6.92 Å². The summed E-state index contributed by atoms with van der Waals surface area (Å²) in [4.78, 5) is 0. The third-order valence-corrected chi connectivity index (χ3v) is 8.01. The summed E-state index contributed by atoms with van der Waals surface area (Å²) in [6.07, 6.45) is 40.4. The van der Waals surface area contributed by atoms with Crippen molar-refractivity contribution in [3.05, 3.63) is 18.2 Å². The van der Waals surface area contributed by atoms with Gasteiger partial charge in [0.15, 0.2) is 0 Å². The summed E-state index contributed by atoms with van der Waals surface area (Å²) in [5, 5.41) is 0. The molecule has 1 aromatic rings. The molecule has 0 bridgehead atoms. The summed E-state index contributed by atoms with van der Waals surface area (Å²) in [6.45, 7) is 9.31. The Bertz CT molecular complexity index is 547. The predicted molar refractivity (Wildman–Crippen MR) is 156 cm³/mol. The highest BCUT2D eigenvalue weighted by atomic mass is 15.1. The molecule has 2 nitrogen and oxygen atoms in total. The lowest BCUT2D eigenvalue weighted by Crippen LogP contribution is -2.35. The van der Waals surface area contributed by atoms with Crippen LogP contribution in [-0.4, -0.2) is 4.57 Å². The molecule has 0 aliphatic heterocycles. The molecule has 0 aliphatic carbocycles. The number of nitrogens with zero attached hydrogens (tertiary/aromatic N) is 2. The van der Waals surface area contributed by atoms with Crippen LogP contribution in [0.2, 0.25) is 0 Å². The molecule has 0 fully saturated rings. The zero-order chi connectivity index (χ0) is 25.2. The maximum absolute atomic E-state index is 2.48. The largest absolute Gasteiger partial charge is 0.253 e. The average Bonchev–Trinajstić information content (AvgIpc) is 3.21. The van der Waals surface area contributed by atoms with Crippen molar-refractivity contribution >= 4 is 0 Å². The van der Waals surface area contributed by atoms with Crippen LogP contribution in [0.1, 0.15) is 180 Å². The number of imidazole rings is 1. The highest BCUT2D eigenvalue weighted by molar-refractivity contribution is 4.79. The molecule has 0 saturated carbocycles. The van der Waals surface area contributed by atoms with Gasteiger partial charge in [-0.25, -0.2) is 9.13 Å². The van der Waals surface area contributed by atoms with Crippen LogP contribution in [0.4, 0.5) is 0 Å². The highest BCUT2D eigenvalue weighted by Crippen LogP contribution is 2.14. The Morgan fingerprint density at radius 2 is 0.829 bits per heavy atom. The summed E-state index contributed by atoms with van der Waals surface area (Å²) >= 11 is 0. The van der Waals surface area contributed by atoms with Crippen LogP contribution in [0.25, 0.3) is 0 Å². The maximum Gasteiger partial charge on any atom is 0.253 e. The summed E-state index contributed by atoms with van der Waals surface area (Å²) in [6, 6.07) is 0. The number of unbranched alkanes of at least 4 members (excludes halogenated alkanes) is 23. The molecule has 1 aromatic heterocycles. The van der Waals surface area contributed by atoms with E-state index in [1.807, 2.05) is 0 Å². The van der Waals surface area contributed by atoms with Crippen molar-refractivity contribution in [1.29, 1.82) is 0 Å². The zero-order valence-corrected chi connectivity index (χ0v) is 24.6. The fourth-order valence-electron chi connectivity index (χ4n) is 5.44. The zero-order valence-electron chi connectivity index (χ0n) is 24.6. The standard InChI is InChI=1S/C33H65N2/c1-4-6-8-10-12-14-15-16-17-18-19-20-21-22-24-26-28-30-35-32-31-34(33(35)3)29-27-25-23-13-11-9-7-5-2/h31-32H,4-30H2,1-3H3/q+1. The van der Waals surface area contributed by atoms with Gasteiger partial charge >= 0.3 is 0 Å². The number of aryl methyl sites for hydroxylation is 2. The minimum atomic E-state index is 1.20. The quantitative estimate of drug-likeness (QED) is 0.0858. The molecule has 1 rings (SSSR count). The molecule has 0 spiro atoms. The van der Waals surface area contributed by atoms with Gasteiger partial charge in [0, 0.05) is 6.92 Å². The molecular weight excluding hydrogens is 424 g/mol. The van der Waals surface area contributed by atoms with Crippen molar-refractivity contribution in [2.75, 3.05) is 0 Å². The summed E-state index contributed by atoms with van der Waals surface area (Å²) in [7, 11) is 0. The molecule has 0 amide bonds.